The van der Waals surface area contributed by atoms with Crippen molar-refractivity contribution in [2.45, 2.75) is 144 Å². The molecular formula is C35H64O3SSi. The molecule has 0 aliphatic carbocycles. The standard InChI is InChI=1S/C35H64O3SSi/c1-13-37-34(36)33(27-39-29(4)5)25-17-24-32(26-38-40(11,12)35(8,9)10)23-16-22-31(7)21-15-20-30(6)19-14-18-28(2)3/h18,20,22,25,29,32H,13-17,19,21,23-24,26-27H2,1-12H3/b30-20+,31-22+,33-25-/t32-/m1/s1. The third-order valence-corrected chi connectivity index (χ3v) is 13.4. The number of esters is 1. The molecule has 40 heavy (non-hydrogen) atoms. The molecule has 0 amide bonds. The zero-order valence-electron chi connectivity index (χ0n) is 28.4. The van der Waals surface area contributed by atoms with Crippen LogP contribution in [-0.4, -0.2) is 38.5 Å². The molecule has 0 saturated carbocycles. The normalized spacial score (nSPS) is 14.5. The lowest BCUT2D eigenvalue weighted by Crippen LogP contribution is -2.42. The summed E-state index contributed by atoms with van der Waals surface area (Å²) in [5.74, 6) is 1.03. The molecule has 0 spiro atoms. The average molecular weight is 593 g/mol. The molecule has 0 aromatic rings. The lowest BCUT2D eigenvalue weighted by atomic mass is 9.96. The first-order valence-electron chi connectivity index (χ1n) is 15.6. The Morgan fingerprint density at radius 2 is 1.38 bits per heavy atom. The molecule has 0 aromatic carbocycles. The van der Waals surface area contributed by atoms with E-state index in [0.29, 0.717) is 23.5 Å². The van der Waals surface area contributed by atoms with E-state index in [2.05, 4.69) is 99.7 Å². The quantitative estimate of drug-likeness (QED) is 0.0609. The number of carbonyl (C=O) groups is 1. The summed E-state index contributed by atoms with van der Waals surface area (Å²) in [5.41, 5.74) is 5.19. The van der Waals surface area contributed by atoms with Crippen LogP contribution < -0.4 is 0 Å². The number of carbonyl (C=O) groups excluding carboxylic acids is 1. The van der Waals surface area contributed by atoms with Gasteiger partial charge < -0.3 is 9.16 Å². The summed E-state index contributed by atoms with van der Waals surface area (Å²) in [5, 5.41) is 0.691. The summed E-state index contributed by atoms with van der Waals surface area (Å²) in [4.78, 5) is 12.5. The van der Waals surface area contributed by atoms with Crippen LogP contribution in [0.2, 0.25) is 18.1 Å². The van der Waals surface area contributed by atoms with Crippen LogP contribution in [0.3, 0.4) is 0 Å². The molecule has 0 aromatic heterocycles. The number of thioether (sulfide) groups is 1. The van der Waals surface area contributed by atoms with E-state index in [-0.39, 0.29) is 11.0 Å². The largest absolute Gasteiger partial charge is 0.463 e. The SMILES string of the molecule is CCOC(=O)/C(=C\CC[C@@H](CC/C=C(\C)CC/C=C(\C)CCC=C(C)C)CO[Si](C)(C)C(C)(C)C)CSC(C)C. The van der Waals surface area contributed by atoms with Crippen LogP contribution in [0.1, 0.15) is 121 Å². The minimum Gasteiger partial charge on any atom is -0.463 e. The minimum absolute atomic E-state index is 0.162. The van der Waals surface area contributed by atoms with Crippen molar-refractivity contribution in [3.63, 3.8) is 0 Å². The van der Waals surface area contributed by atoms with Crippen LogP contribution in [0.25, 0.3) is 0 Å². The van der Waals surface area contributed by atoms with Crippen molar-refractivity contribution < 1.29 is 14.0 Å². The Kier molecular flexibility index (Phi) is 20.2. The highest BCUT2D eigenvalue weighted by Crippen LogP contribution is 2.37. The summed E-state index contributed by atoms with van der Waals surface area (Å²) in [6.07, 6.45) is 18.0. The van der Waals surface area contributed by atoms with Gasteiger partial charge in [-0.25, -0.2) is 4.79 Å². The first-order chi connectivity index (χ1) is 18.6. The average Bonchev–Trinajstić information content (AvgIpc) is 2.83. The van der Waals surface area contributed by atoms with Gasteiger partial charge in [0.1, 0.15) is 0 Å². The van der Waals surface area contributed by atoms with Gasteiger partial charge >= 0.3 is 5.97 Å². The van der Waals surface area contributed by atoms with Crippen molar-refractivity contribution in [3.05, 3.63) is 46.6 Å². The highest BCUT2D eigenvalue weighted by atomic mass is 32.2. The molecule has 0 aliphatic heterocycles. The molecule has 0 aliphatic rings. The maximum absolute atomic E-state index is 12.5. The summed E-state index contributed by atoms with van der Waals surface area (Å²) in [6, 6.07) is 0. The van der Waals surface area contributed by atoms with Gasteiger partial charge in [-0.05, 0) is 115 Å². The molecule has 0 rings (SSSR count). The van der Waals surface area contributed by atoms with Gasteiger partial charge in [-0.15, -0.1) is 0 Å². The number of rotatable bonds is 20. The molecule has 0 fully saturated rings. The number of hydrogen-bond acceptors (Lipinski definition) is 4. The summed E-state index contributed by atoms with van der Waals surface area (Å²) >= 11 is 1.80. The lowest BCUT2D eigenvalue weighted by Gasteiger charge is -2.37. The number of allylic oxidation sites excluding steroid dienone is 7. The second-order valence-electron chi connectivity index (χ2n) is 13.4. The number of ether oxygens (including phenoxy) is 1. The fraction of sp³-hybridized carbons (Fsp3) is 0.743. The van der Waals surface area contributed by atoms with Gasteiger partial charge in [-0.2, -0.15) is 11.8 Å². The van der Waals surface area contributed by atoms with E-state index in [0.717, 1.165) is 63.5 Å². The second-order valence-corrected chi connectivity index (χ2v) is 19.7. The van der Waals surface area contributed by atoms with Crippen LogP contribution in [0, 0.1) is 5.92 Å². The summed E-state index contributed by atoms with van der Waals surface area (Å²) in [6.45, 7) is 27.9. The van der Waals surface area contributed by atoms with Gasteiger partial charge in [0.05, 0.1) is 6.61 Å². The fourth-order valence-corrected chi connectivity index (χ4v) is 5.77. The van der Waals surface area contributed by atoms with E-state index in [1.165, 1.54) is 16.7 Å². The lowest BCUT2D eigenvalue weighted by molar-refractivity contribution is -0.138. The second kappa shape index (κ2) is 20.8. The van der Waals surface area contributed by atoms with Crippen LogP contribution >= 0.6 is 11.8 Å². The molecule has 232 valence electrons. The van der Waals surface area contributed by atoms with Gasteiger partial charge in [0.25, 0.3) is 0 Å². The minimum atomic E-state index is -1.81. The maximum atomic E-state index is 12.5. The topological polar surface area (TPSA) is 35.5 Å². The van der Waals surface area contributed by atoms with Crippen molar-refractivity contribution in [2.24, 2.45) is 5.92 Å². The van der Waals surface area contributed by atoms with E-state index in [9.17, 15) is 4.79 Å². The highest BCUT2D eigenvalue weighted by molar-refractivity contribution is 8.00. The van der Waals surface area contributed by atoms with Crippen molar-refractivity contribution in [3.8, 4) is 0 Å². The van der Waals surface area contributed by atoms with Crippen molar-refractivity contribution in [1.29, 1.82) is 0 Å². The van der Waals surface area contributed by atoms with Gasteiger partial charge in [-0.1, -0.05) is 75.6 Å². The Balaban J connectivity index is 5.20. The van der Waals surface area contributed by atoms with E-state index >= 15 is 0 Å². The first kappa shape index (κ1) is 39.0. The van der Waals surface area contributed by atoms with Gasteiger partial charge in [0, 0.05) is 17.9 Å². The fourth-order valence-electron chi connectivity index (χ4n) is 3.93. The Hall–Kier alpha value is -1.04. The zero-order chi connectivity index (χ0) is 30.8. The zero-order valence-corrected chi connectivity index (χ0v) is 30.2. The smallest absolute Gasteiger partial charge is 0.334 e. The van der Waals surface area contributed by atoms with Crippen molar-refractivity contribution in [1.82, 2.24) is 0 Å². The van der Waals surface area contributed by atoms with Crippen LogP contribution in [0.15, 0.2) is 46.6 Å². The Bertz CT molecular complexity index is 839. The molecule has 0 saturated heterocycles. The molecule has 5 heteroatoms. The molecule has 0 unspecified atom stereocenters. The van der Waals surface area contributed by atoms with E-state index in [1.807, 2.05) is 6.92 Å². The Labute approximate surface area is 254 Å². The maximum Gasteiger partial charge on any atom is 0.334 e. The molecule has 0 N–H and O–H groups in total. The summed E-state index contributed by atoms with van der Waals surface area (Å²) in [7, 11) is -1.81. The van der Waals surface area contributed by atoms with E-state index < -0.39 is 8.32 Å². The van der Waals surface area contributed by atoms with E-state index in [1.54, 1.807) is 11.8 Å². The third-order valence-electron chi connectivity index (χ3n) is 7.75. The molecule has 3 nitrogen and oxygen atoms in total. The van der Waals surface area contributed by atoms with Crippen molar-refractivity contribution in [2.75, 3.05) is 19.0 Å². The van der Waals surface area contributed by atoms with Crippen molar-refractivity contribution >= 4 is 26.0 Å². The molecule has 1 atom stereocenters. The first-order valence-corrected chi connectivity index (χ1v) is 19.6. The number of hydrogen-bond donors (Lipinski definition) is 0. The van der Waals surface area contributed by atoms with Gasteiger partial charge in [0.2, 0.25) is 0 Å². The molecule has 0 radical (unpaired) electrons. The molecule has 0 bridgehead atoms. The highest BCUT2D eigenvalue weighted by Gasteiger charge is 2.37. The predicted molar refractivity (Wildman–Crippen MR) is 183 cm³/mol. The predicted octanol–water partition coefficient (Wildman–Crippen LogP) is 11.2. The molecular weight excluding hydrogens is 529 g/mol. The Morgan fingerprint density at radius 3 is 1.88 bits per heavy atom. The van der Waals surface area contributed by atoms with Crippen LogP contribution in [-0.2, 0) is 14.0 Å². The monoisotopic (exact) mass is 592 g/mol. The Morgan fingerprint density at radius 1 is 0.850 bits per heavy atom. The van der Waals surface area contributed by atoms with Crippen LogP contribution in [0.5, 0.6) is 0 Å². The molecule has 0 heterocycles. The van der Waals surface area contributed by atoms with Crippen LogP contribution in [0.4, 0.5) is 0 Å². The van der Waals surface area contributed by atoms with Gasteiger partial charge in [0.15, 0.2) is 8.32 Å². The van der Waals surface area contributed by atoms with E-state index in [4.69, 9.17) is 9.16 Å². The third kappa shape index (κ3) is 19.1. The summed E-state index contributed by atoms with van der Waals surface area (Å²) < 4.78 is 12.0. The van der Waals surface area contributed by atoms with Gasteiger partial charge in [-0.3, -0.25) is 0 Å².